The van der Waals surface area contributed by atoms with Gasteiger partial charge < -0.3 is 4.90 Å². The summed E-state index contributed by atoms with van der Waals surface area (Å²) in [6.45, 7) is 4.32. The van der Waals surface area contributed by atoms with Gasteiger partial charge in [0.25, 0.3) is 0 Å². The van der Waals surface area contributed by atoms with E-state index in [1.807, 2.05) is 6.07 Å². The summed E-state index contributed by atoms with van der Waals surface area (Å²) in [4.78, 5) is 31.2. The average Bonchev–Trinajstić information content (AvgIpc) is 3.04. The van der Waals surface area contributed by atoms with Gasteiger partial charge in [0.1, 0.15) is 9.57 Å². The van der Waals surface area contributed by atoms with Crippen molar-refractivity contribution in [2.45, 2.75) is 18.2 Å². The van der Waals surface area contributed by atoms with Crippen molar-refractivity contribution in [3.8, 4) is 0 Å². The van der Waals surface area contributed by atoms with Crippen LogP contribution < -0.4 is 4.90 Å². The highest BCUT2D eigenvalue weighted by Gasteiger charge is 2.42. The molecule has 1 atom stereocenters. The summed E-state index contributed by atoms with van der Waals surface area (Å²) in [5.41, 5.74) is 1.62. The molecule has 2 aromatic carbocycles. The van der Waals surface area contributed by atoms with Gasteiger partial charge in [-0.3, -0.25) is 14.5 Å². The minimum absolute atomic E-state index is 0.0977. The minimum atomic E-state index is -0.544. The number of thiocarbonyl (C=S) groups is 1. The number of rotatable bonds is 4. The minimum Gasteiger partial charge on any atom is -0.355 e. The number of thioether (sulfide) groups is 1. The van der Waals surface area contributed by atoms with Gasteiger partial charge in [-0.05, 0) is 17.7 Å². The van der Waals surface area contributed by atoms with Gasteiger partial charge in [-0.25, -0.2) is 4.90 Å². The number of imide groups is 1. The van der Waals surface area contributed by atoms with Crippen LogP contribution in [0.25, 0.3) is 0 Å². The number of nitrogens with zero attached hydrogens (tertiary/aromatic N) is 3. The standard InChI is InChI=1S/C22H21Cl2N3O2S2/c23-16-7-4-8-17(20(16)24)27-19(28)13-18(21(27)29)31-22(30)26-11-9-25(10-12-26)14-15-5-2-1-3-6-15/h1-8,18H,9-14H2/t18-/m0/s1. The molecular weight excluding hydrogens is 473 g/mol. The Balaban J connectivity index is 1.33. The molecule has 0 radical (unpaired) electrons. The van der Waals surface area contributed by atoms with E-state index in [2.05, 4.69) is 34.1 Å². The second kappa shape index (κ2) is 9.88. The molecule has 2 amide bonds. The molecule has 0 unspecified atom stereocenters. The first-order chi connectivity index (χ1) is 14.9. The van der Waals surface area contributed by atoms with Crippen LogP contribution in [0.4, 0.5) is 5.69 Å². The van der Waals surface area contributed by atoms with Crippen LogP contribution in [0.1, 0.15) is 12.0 Å². The van der Waals surface area contributed by atoms with Crippen molar-refractivity contribution in [1.82, 2.24) is 9.80 Å². The fourth-order valence-corrected chi connectivity index (χ4v) is 5.66. The summed E-state index contributed by atoms with van der Waals surface area (Å²) >= 11 is 19.2. The Hall–Kier alpha value is -1.64. The number of piperazine rings is 1. The Morgan fingerprint density at radius 1 is 1.00 bits per heavy atom. The van der Waals surface area contributed by atoms with Gasteiger partial charge in [0.05, 0.1) is 15.7 Å². The number of carbonyl (C=O) groups excluding carboxylic acids is 2. The zero-order chi connectivity index (χ0) is 22.0. The first-order valence-corrected chi connectivity index (χ1v) is 12.0. The number of hydrogen-bond acceptors (Lipinski definition) is 5. The van der Waals surface area contributed by atoms with E-state index in [1.54, 1.807) is 18.2 Å². The van der Waals surface area contributed by atoms with E-state index in [-0.39, 0.29) is 23.3 Å². The number of hydrogen-bond donors (Lipinski definition) is 0. The van der Waals surface area contributed by atoms with E-state index in [0.29, 0.717) is 15.0 Å². The molecule has 2 aliphatic heterocycles. The SMILES string of the molecule is O=C1C[C@H](SC(=S)N2CCN(Cc3ccccc3)CC2)C(=O)N1c1cccc(Cl)c1Cl. The molecule has 0 spiro atoms. The lowest BCUT2D eigenvalue weighted by Gasteiger charge is -2.36. The van der Waals surface area contributed by atoms with E-state index in [9.17, 15) is 9.59 Å². The Morgan fingerprint density at radius 3 is 2.42 bits per heavy atom. The Kier molecular flexibility index (Phi) is 7.19. The van der Waals surface area contributed by atoms with Crippen LogP contribution in [0.3, 0.4) is 0 Å². The third kappa shape index (κ3) is 5.07. The van der Waals surface area contributed by atoms with Crippen LogP contribution in [0.2, 0.25) is 10.0 Å². The number of anilines is 1. The van der Waals surface area contributed by atoms with Crippen molar-refractivity contribution in [1.29, 1.82) is 0 Å². The van der Waals surface area contributed by atoms with Crippen molar-refractivity contribution in [2.24, 2.45) is 0 Å². The molecule has 0 saturated carbocycles. The molecule has 4 rings (SSSR count). The van der Waals surface area contributed by atoms with Crippen LogP contribution in [0.15, 0.2) is 48.5 Å². The average molecular weight is 494 g/mol. The smallest absolute Gasteiger partial charge is 0.247 e. The van der Waals surface area contributed by atoms with Gasteiger partial charge >= 0.3 is 0 Å². The van der Waals surface area contributed by atoms with Gasteiger partial charge in [0, 0.05) is 39.1 Å². The molecule has 9 heteroatoms. The summed E-state index contributed by atoms with van der Waals surface area (Å²) in [5, 5.41) is -0.0363. The summed E-state index contributed by atoms with van der Waals surface area (Å²) in [7, 11) is 0. The summed E-state index contributed by atoms with van der Waals surface area (Å²) in [6, 6.07) is 15.3. The van der Waals surface area contributed by atoms with Crippen LogP contribution >= 0.6 is 47.2 Å². The van der Waals surface area contributed by atoms with Gasteiger partial charge in [-0.2, -0.15) is 0 Å². The third-order valence-electron chi connectivity index (χ3n) is 5.40. The second-order valence-electron chi connectivity index (χ2n) is 7.47. The van der Waals surface area contributed by atoms with Crippen LogP contribution in [-0.2, 0) is 16.1 Å². The number of benzene rings is 2. The van der Waals surface area contributed by atoms with Gasteiger partial charge in [0.15, 0.2) is 0 Å². The largest absolute Gasteiger partial charge is 0.355 e. The van der Waals surface area contributed by atoms with E-state index in [1.165, 1.54) is 17.3 Å². The first-order valence-electron chi connectivity index (χ1n) is 9.96. The normalized spacial score (nSPS) is 19.9. The Labute approximate surface area is 201 Å². The highest BCUT2D eigenvalue weighted by molar-refractivity contribution is 8.23. The van der Waals surface area contributed by atoms with Crippen molar-refractivity contribution in [3.05, 3.63) is 64.1 Å². The lowest BCUT2D eigenvalue weighted by molar-refractivity contribution is -0.121. The Bertz CT molecular complexity index is 998. The van der Waals surface area contributed by atoms with Gasteiger partial charge in [-0.15, -0.1) is 0 Å². The number of carbonyl (C=O) groups is 2. The second-order valence-corrected chi connectivity index (χ2v) is 10.1. The summed E-state index contributed by atoms with van der Waals surface area (Å²) in [6.07, 6.45) is 0.0977. The molecule has 5 nitrogen and oxygen atoms in total. The van der Waals surface area contributed by atoms with Crippen LogP contribution in [-0.4, -0.2) is 57.4 Å². The topological polar surface area (TPSA) is 43.9 Å². The van der Waals surface area contributed by atoms with Crippen molar-refractivity contribution < 1.29 is 9.59 Å². The number of halogens is 2. The molecule has 2 saturated heterocycles. The lowest BCUT2D eigenvalue weighted by atomic mass is 10.2. The fraction of sp³-hybridized carbons (Fsp3) is 0.318. The predicted molar refractivity (Wildman–Crippen MR) is 131 cm³/mol. The zero-order valence-corrected chi connectivity index (χ0v) is 19.8. The maximum Gasteiger partial charge on any atom is 0.247 e. The van der Waals surface area contributed by atoms with Crippen molar-refractivity contribution in [3.63, 3.8) is 0 Å². The number of amides is 2. The summed E-state index contributed by atoms with van der Waals surface area (Å²) < 4.78 is 0.657. The van der Waals surface area contributed by atoms with E-state index in [4.69, 9.17) is 35.4 Å². The molecule has 0 aliphatic carbocycles. The van der Waals surface area contributed by atoms with Crippen molar-refractivity contribution >= 4 is 69.0 Å². The molecule has 162 valence electrons. The maximum absolute atomic E-state index is 12.9. The molecular formula is C22H21Cl2N3O2S2. The predicted octanol–water partition coefficient (Wildman–Crippen LogP) is 4.46. The van der Waals surface area contributed by atoms with E-state index >= 15 is 0 Å². The maximum atomic E-state index is 12.9. The van der Waals surface area contributed by atoms with Gasteiger partial charge in [0.2, 0.25) is 11.8 Å². The molecule has 31 heavy (non-hydrogen) atoms. The lowest BCUT2D eigenvalue weighted by Crippen LogP contribution is -2.47. The van der Waals surface area contributed by atoms with Gasteiger partial charge in [-0.1, -0.05) is 83.6 Å². The molecule has 0 aromatic heterocycles. The quantitative estimate of drug-likeness (QED) is 0.462. The highest BCUT2D eigenvalue weighted by atomic mass is 35.5. The van der Waals surface area contributed by atoms with Crippen LogP contribution in [0.5, 0.6) is 0 Å². The van der Waals surface area contributed by atoms with Crippen molar-refractivity contribution in [2.75, 3.05) is 31.1 Å². The molecule has 2 aliphatic rings. The molecule has 2 fully saturated rings. The fourth-order valence-electron chi connectivity index (χ4n) is 3.74. The third-order valence-corrected chi connectivity index (χ3v) is 7.87. The van der Waals surface area contributed by atoms with Crippen LogP contribution in [0, 0.1) is 0 Å². The Morgan fingerprint density at radius 2 is 1.71 bits per heavy atom. The highest BCUT2D eigenvalue weighted by Crippen LogP contribution is 2.37. The van der Waals surface area contributed by atoms with E-state index in [0.717, 1.165) is 37.6 Å². The molecule has 0 bridgehead atoms. The van der Waals surface area contributed by atoms with E-state index < -0.39 is 5.25 Å². The molecule has 2 heterocycles. The summed E-state index contributed by atoms with van der Waals surface area (Å²) in [5.74, 6) is -0.591. The zero-order valence-electron chi connectivity index (χ0n) is 16.7. The molecule has 2 aromatic rings. The molecule has 0 N–H and O–H groups in total. The first kappa shape index (κ1) is 22.6. The monoisotopic (exact) mass is 493 g/mol.